The number of aromatic hydroxyl groups is 1. The van der Waals surface area contributed by atoms with Crippen molar-refractivity contribution >= 4 is 5.97 Å². The molecule has 3 rings (SSSR count). The highest BCUT2D eigenvalue weighted by molar-refractivity contribution is 5.73. The maximum Gasteiger partial charge on any atom is 0.311 e. The van der Waals surface area contributed by atoms with E-state index in [4.69, 9.17) is 14.2 Å². The summed E-state index contributed by atoms with van der Waals surface area (Å²) in [5.41, 5.74) is 0.979. The first-order chi connectivity index (χ1) is 13.1. The van der Waals surface area contributed by atoms with Crippen molar-refractivity contribution in [3.63, 3.8) is 0 Å². The van der Waals surface area contributed by atoms with Crippen LogP contribution < -0.4 is 0 Å². The van der Waals surface area contributed by atoms with Gasteiger partial charge in [0.1, 0.15) is 5.75 Å². The van der Waals surface area contributed by atoms with E-state index in [9.17, 15) is 9.90 Å². The lowest BCUT2D eigenvalue weighted by molar-refractivity contribution is -0.205. The Morgan fingerprint density at radius 3 is 2.43 bits per heavy atom. The molecule has 2 aliphatic rings. The SMILES string of the molecule is CC(C(=O)OC(CC(C)(C)C)OC1CC2CCC1O2)C(C)c1ccc(O)cc1. The minimum Gasteiger partial charge on any atom is -0.508 e. The van der Waals surface area contributed by atoms with Crippen LogP contribution in [0.3, 0.4) is 0 Å². The van der Waals surface area contributed by atoms with Crippen LogP contribution in [0, 0.1) is 11.3 Å². The predicted molar refractivity (Wildman–Crippen MR) is 107 cm³/mol. The monoisotopic (exact) mass is 390 g/mol. The zero-order chi connectivity index (χ0) is 20.5. The maximum atomic E-state index is 12.9. The summed E-state index contributed by atoms with van der Waals surface area (Å²) in [6.07, 6.45) is 3.57. The van der Waals surface area contributed by atoms with Crippen LogP contribution in [0.5, 0.6) is 5.75 Å². The van der Waals surface area contributed by atoms with E-state index in [1.165, 1.54) is 0 Å². The summed E-state index contributed by atoms with van der Waals surface area (Å²) >= 11 is 0. The molecular formula is C23H34O5. The molecule has 0 saturated carbocycles. The van der Waals surface area contributed by atoms with E-state index in [-0.39, 0.29) is 41.2 Å². The van der Waals surface area contributed by atoms with Crippen LogP contribution in [-0.2, 0) is 19.0 Å². The summed E-state index contributed by atoms with van der Waals surface area (Å²) in [4.78, 5) is 12.9. The molecule has 0 spiro atoms. The van der Waals surface area contributed by atoms with Crippen LogP contribution >= 0.6 is 0 Å². The lowest BCUT2D eigenvalue weighted by Crippen LogP contribution is -2.36. The molecule has 156 valence electrons. The van der Waals surface area contributed by atoms with E-state index < -0.39 is 6.29 Å². The average Bonchev–Trinajstić information content (AvgIpc) is 3.22. The molecule has 2 aliphatic heterocycles. The van der Waals surface area contributed by atoms with Crippen molar-refractivity contribution in [3.8, 4) is 5.75 Å². The number of esters is 1. The molecule has 0 amide bonds. The quantitative estimate of drug-likeness (QED) is 0.536. The van der Waals surface area contributed by atoms with Gasteiger partial charge in [0.25, 0.3) is 0 Å². The molecule has 5 heteroatoms. The fraction of sp³-hybridized carbons (Fsp3) is 0.696. The number of phenolic OH excluding ortho intramolecular Hbond substituents is 1. The standard InChI is InChI=1S/C23H34O5/c1-14(16-6-8-17(24)9-7-16)15(2)22(25)28-21(13-23(3,4)5)27-20-12-18-10-11-19(20)26-18/h6-9,14-15,18-21,24H,10-13H2,1-5H3. The van der Waals surface area contributed by atoms with Crippen LogP contribution in [-0.4, -0.2) is 35.7 Å². The third-order valence-electron chi connectivity index (χ3n) is 5.94. The third kappa shape index (κ3) is 5.26. The van der Waals surface area contributed by atoms with Gasteiger partial charge in [-0.3, -0.25) is 4.79 Å². The number of hydrogen-bond acceptors (Lipinski definition) is 5. The number of rotatable bonds is 7. The second kappa shape index (κ2) is 8.42. The lowest BCUT2D eigenvalue weighted by Gasteiger charge is -2.31. The van der Waals surface area contributed by atoms with Crippen molar-refractivity contribution in [1.29, 1.82) is 0 Å². The van der Waals surface area contributed by atoms with Gasteiger partial charge in [-0.1, -0.05) is 46.8 Å². The Kier molecular flexibility index (Phi) is 6.35. The zero-order valence-electron chi connectivity index (χ0n) is 17.7. The highest BCUT2D eigenvalue weighted by Crippen LogP contribution is 2.38. The topological polar surface area (TPSA) is 65.0 Å². The molecule has 2 bridgehead atoms. The van der Waals surface area contributed by atoms with Gasteiger partial charge in [0.2, 0.25) is 6.29 Å². The van der Waals surface area contributed by atoms with Crippen molar-refractivity contribution in [2.75, 3.05) is 0 Å². The lowest BCUT2D eigenvalue weighted by atomic mass is 9.88. The first kappa shape index (κ1) is 21.1. The smallest absolute Gasteiger partial charge is 0.311 e. The van der Waals surface area contributed by atoms with Gasteiger partial charge in [0.05, 0.1) is 24.2 Å². The van der Waals surface area contributed by atoms with Gasteiger partial charge in [-0.15, -0.1) is 0 Å². The van der Waals surface area contributed by atoms with Gasteiger partial charge >= 0.3 is 5.97 Å². The fourth-order valence-corrected chi connectivity index (χ4v) is 4.05. The molecule has 2 heterocycles. The zero-order valence-corrected chi connectivity index (χ0v) is 17.7. The maximum absolute atomic E-state index is 12.9. The first-order valence-electron chi connectivity index (χ1n) is 10.4. The van der Waals surface area contributed by atoms with E-state index in [1.54, 1.807) is 12.1 Å². The number of phenols is 1. The molecular weight excluding hydrogens is 356 g/mol. The number of hydrogen-bond donors (Lipinski definition) is 1. The minimum absolute atomic E-state index is 0.0173. The fourth-order valence-electron chi connectivity index (χ4n) is 4.05. The summed E-state index contributed by atoms with van der Waals surface area (Å²) in [7, 11) is 0. The summed E-state index contributed by atoms with van der Waals surface area (Å²) in [5, 5.41) is 9.48. The van der Waals surface area contributed by atoms with Crippen molar-refractivity contribution in [1.82, 2.24) is 0 Å². The molecule has 2 fully saturated rings. The molecule has 2 saturated heterocycles. The summed E-state index contributed by atoms with van der Waals surface area (Å²) in [6.45, 7) is 10.3. The number of fused-ring (bicyclic) bond motifs is 2. The predicted octanol–water partition coefficient (Wildman–Crippen LogP) is 4.77. The number of ether oxygens (including phenoxy) is 3. The van der Waals surface area contributed by atoms with E-state index in [1.807, 2.05) is 26.0 Å². The highest BCUT2D eigenvalue weighted by atomic mass is 16.7. The Balaban J connectivity index is 1.63. The largest absolute Gasteiger partial charge is 0.508 e. The van der Waals surface area contributed by atoms with E-state index in [0.29, 0.717) is 12.5 Å². The first-order valence-corrected chi connectivity index (χ1v) is 10.4. The van der Waals surface area contributed by atoms with Gasteiger partial charge in [-0.05, 0) is 41.9 Å². The summed E-state index contributed by atoms with van der Waals surface area (Å²) in [6, 6.07) is 6.98. The molecule has 6 atom stereocenters. The van der Waals surface area contributed by atoms with Crippen LogP contribution in [0.2, 0.25) is 0 Å². The highest BCUT2D eigenvalue weighted by Gasteiger charge is 2.43. The van der Waals surface area contributed by atoms with Gasteiger partial charge in [0.15, 0.2) is 0 Å². The van der Waals surface area contributed by atoms with E-state index >= 15 is 0 Å². The van der Waals surface area contributed by atoms with Crippen molar-refractivity contribution in [2.24, 2.45) is 11.3 Å². The summed E-state index contributed by atoms with van der Waals surface area (Å²) in [5.74, 6) is -0.363. The Hall–Kier alpha value is -1.59. The van der Waals surface area contributed by atoms with Gasteiger partial charge in [0, 0.05) is 12.8 Å². The van der Waals surface area contributed by atoms with Crippen LogP contribution in [0.25, 0.3) is 0 Å². The number of carbonyl (C=O) groups is 1. The molecule has 5 nitrogen and oxygen atoms in total. The number of benzene rings is 1. The molecule has 6 unspecified atom stereocenters. The Bertz CT molecular complexity index is 663. The van der Waals surface area contributed by atoms with E-state index in [2.05, 4.69) is 20.8 Å². The van der Waals surface area contributed by atoms with Crippen LogP contribution in [0.1, 0.15) is 71.8 Å². The Morgan fingerprint density at radius 1 is 1.21 bits per heavy atom. The third-order valence-corrected chi connectivity index (χ3v) is 5.94. The van der Waals surface area contributed by atoms with Crippen LogP contribution in [0.4, 0.5) is 0 Å². The normalized spacial score (nSPS) is 27.4. The van der Waals surface area contributed by atoms with Gasteiger partial charge in [-0.25, -0.2) is 0 Å². The van der Waals surface area contributed by atoms with Crippen molar-refractivity contribution in [2.45, 2.75) is 90.8 Å². The molecule has 1 aromatic rings. The van der Waals surface area contributed by atoms with Crippen LogP contribution in [0.15, 0.2) is 24.3 Å². The molecule has 0 aliphatic carbocycles. The second-order valence-corrected chi connectivity index (χ2v) is 9.58. The Morgan fingerprint density at radius 2 is 1.89 bits per heavy atom. The summed E-state index contributed by atoms with van der Waals surface area (Å²) < 4.78 is 18.0. The Labute approximate surface area is 168 Å². The number of carbonyl (C=O) groups excluding carboxylic acids is 1. The second-order valence-electron chi connectivity index (χ2n) is 9.58. The molecule has 1 aromatic carbocycles. The molecule has 0 aromatic heterocycles. The van der Waals surface area contributed by atoms with Crippen molar-refractivity contribution < 1.29 is 24.1 Å². The van der Waals surface area contributed by atoms with E-state index in [0.717, 1.165) is 24.8 Å². The van der Waals surface area contributed by atoms with Crippen molar-refractivity contribution in [3.05, 3.63) is 29.8 Å². The molecule has 28 heavy (non-hydrogen) atoms. The minimum atomic E-state index is -0.560. The molecule has 1 N–H and O–H groups in total. The van der Waals surface area contributed by atoms with Gasteiger partial charge < -0.3 is 19.3 Å². The molecule has 0 radical (unpaired) electrons. The van der Waals surface area contributed by atoms with Gasteiger partial charge in [-0.2, -0.15) is 0 Å². The average molecular weight is 391 g/mol.